The molecule has 1 aliphatic rings. The van der Waals surface area contributed by atoms with Crippen LogP contribution in [0.5, 0.6) is 0 Å². The number of carboxylic acids is 1. The number of amides is 2. The summed E-state index contributed by atoms with van der Waals surface area (Å²) in [6, 6.07) is -0.398. The Balaban J connectivity index is 1.81. The molecule has 0 aromatic carbocycles. The summed E-state index contributed by atoms with van der Waals surface area (Å²) in [4.78, 5) is 24.7. The average Bonchev–Trinajstić information content (AvgIpc) is 2.84. The number of rotatable bonds is 5. The maximum absolute atomic E-state index is 12.2. The van der Waals surface area contributed by atoms with E-state index in [4.69, 9.17) is 5.11 Å². The summed E-state index contributed by atoms with van der Waals surface area (Å²) < 4.78 is 1.72. The first kappa shape index (κ1) is 15.7. The zero-order valence-corrected chi connectivity index (χ0v) is 12.8. The quantitative estimate of drug-likeness (QED) is 0.830. The van der Waals surface area contributed by atoms with E-state index >= 15 is 0 Å². The fraction of sp³-hybridized carbons (Fsp3) is 0.615. The van der Waals surface area contributed by atoms with Gasteiger partial charge in [0.05, 0.1) is 18.7 Å². The van der Waals surface area contributed by atoms with Crippen molar-refractivity contribution in [3.63, 3.8) is 0 Å². The Labute approximate surface area is 127 Å². The van der Waals surface area contributed by atoms with Crippen LogP contribution in [-0.2, 0) is 18.3 Å². The van der Waals surface area contributed by atoms with E-state index in [1.165, 1.54) is 0 Å². The van der Waals surface area contributed by atoms with Crippen LogP contribution in [0.2, 0.25) is 0 Å². The minimum absolute atomic E-state index is 0.00300. The molecule has 0 radical (unpaired) electrons. The molecule has 1 aromatic rings. The van der Waals surface area contributed by atoms with Gasteiger partial charge in [0.2, 0.25) is 0 Å². The normalized spacial score (nSPS) is 18.5. The van der Waals surface area contributed by atoms with Crippen LogP contribution in [0.15, 0.2) is 12.4 Å². The van der Waals surface area contributed by atoms with Crippen molar-refractivity contribution in [1.29, 1.82) is 0 Å². The van der Waals surface area contributed by atoms with Gasteiger partial charge in [0.1, 0.15) is 0 Å². The van der Waals surface area contributed by atoms with Crippen molar-refractivity contribution in [3.05, 3.63) is 18.0 Å². The standard InChI is InChI=1S/C13H20N4O3S/c1-16-8-10(7-15-16)2-3-14-13(20)17-4-5-21-9-11(17)6-12(18)19/h7-8,11H,2-6,9H2,1H3,(H,14,20)(H,18,19). The number of carbonyl (C=O) groups is 2. The third kappa shape index (κ3) is 4.66. The van der Waals surface area contributed by atoms with Gasteiger partial charge in [-0.1, -0.05) is 0 Å². The largest absolute Gasteiger partial charge is 0.481 e. The number of aromatic nitrogens is 2. The molecular weight excluding hydrogens is 292 g/mol. The van der Waals surface area contributed by atoms with Crippen molar-refractivity contribution in [2.24, 2.45) is 7.05 Å². The first-order valence-electron chi connectivity index (χ1n) is 6.88. The third-order valence-electron chi connectivity index (χ3n) is 3.35. The predicted octanol–water partition coefficient (Wildman–Crippen LogP) is 0.564. The van der Waals surface area contributed by atoms with E-state index in [2.05, 4.69) is 10.4 Å². The molecule has 0 saturated carbocycles. The molecule has 0 bridgehead atoms. The van der Waals surface area contributed by atoms with Crippen molar-refractivity contribution < 1.29 is 14.7 Å². The van der Waals surface area contributed by atoms with Crippen molar-refractivity contribution in [1.82, 2.24) is 20.0 Å². The number of hydrogen-bond donors (Lipinski definition) is 2. The summed E-state index contributed by atoms with van der Waals surface area (Å²) in [6.45, 7) is 1.12. The summed E-state index contributed by atoms with van der Waals surface area (Å²) in [5.41, 5.74) is 1.06. The first-order chi connectivity index (χ1) is 10.1. The molecule has 8 heteroatoms. The molecule has 1 saturated heterocycles. The number of aliphatic carboxylic acids is 1. The van der Waals surface area contributed by atoms with Crippen molar-refractivity contribution in [2.45, 2.75) is 18.9 Å². The van der Waals surface area contributed by atoms with Crippen LogP contribution in [0.3, 0.4) is 0 Å². The molecule has 0 aliphatic carbocycles. The highest BCUT2D eigenvalue weighted by atomic mass is 32.2. The molecule has 2 rings (SSSR count). The second-order valence-corrected chi connectivity index (χ2v) is 6.17. The van der Waals surface area contributed by atoms with Gasteiger partial charge in [-0.05, 0) is 12.0 Å². The SMILES string of the molecule is Cn1cc(CCNC(=O)N2CCSCC2CC(=O)O)cn1. The molecule has 1 aromatic heterocycles. The molecule has 21 heavy (non-hydrogen) atoms. The minimum Gasteiger partial charge on any atom is -0.481 e. The molecule has 1 fully saturated rings. The Kier molecular flexibility index (Phi) is 5.49. The maximum atomic E-state index is 12.2. The molecule has 2 heterocycles. The van der Waals surface area contributed by atoms with Crippen LogP contribution in [0.1, 0.15) is 12.0 Å². The lowest BCUT2D eigenvalue weighted by Crippen LogP contribution is -2.51. The molecule has 2 amide bonds. The minimum atomic E-state index is -0.865. The summed E-state index contributed by atoms with van der Waals surface area (Å²) >= 11 is 1.69. The molecule has 1 aliphatic heterocycles. The van der Waals surface area contributed by atoms with Crippen LogP contribution in [0.25, 0.3) is 0 Å². The summed E-state index contributed by atoms with van der Waals surface area (Å²) in [5, 5.41) is 15.9. The summed E-state index contributed by atoms with van der Waals surface area (Å²) in [6.07, 6.45) is 4.41. The molecule has 1 unspecified atom stereocenters. The Morgan fingerprint density at radius 3 is 3.05 bits per heavy atom. The van der Waals surface area contributed by atoms with Gasteiger partial charge in [0.15, 0.2) is 0 Å². The highest BCUT2D eigenvalue weighted by molar-refractivity contribution is 7.99. The fourth-order valence-electron chi connectivity index (χ4n) is 2.31. The second-order valence-electron chi connectivity index (χ2n) is 5.02. The molecule has 116 valence electrons. The number of nitrogens with one attached hydrogen (secondary N) is 1. The highest BCUT2D eigenvalue weighted by Gasteiger charge is 2.28. The lowest BCUT2D eigenvalue weighted by molar-refractivity contribution is -0.137. The van der Waals surface area contributed by atoms with E-state index in [0.29, 0.717) is 25.3 Å². The Morgan fingerprint density at radius 2 is 2.38 bits per heavy atom. The smallest absolute Gasteiger partial charge is 0.317 e. The van der Waals surface area contributed by atoms with Gasteiger partial charge in [-0.15, -0.1) is 0 Å². The Hall–Kier alpha value is -1.70. The van der Waals surface area contributed by atoms with Crippen molar-refractivity contribution in [3.8, 4) is 0 Å². The monoisotopic (exact) mass is 312 g/mol. The van der Waals surface area contributed by atoms with Gasteiger partial charge in [-0.25, -0.2) is 4.79 Å². The lowest BCUT2D eigenvalue weighted by atomic mass is 10.2. The number of carbonyl (C=O) groups excluding carboxylic acids is 1. The second kappa shape index (κ2) is 7.35. The van der Waals surface area contributed by atoms with E-state index in [0.717, 1.165) is 11.3 Å². The molecule has 0 spiro atoms. The van der Waals surface area contributed by atoms with Crippen LogP contribution >= 0.6 is 11.8 Å². The van der Waals surface area contributed by atoms with Crippen LogP contribution in [-0.4, -0.2) is 62.4 Å². The number of hydrogen-bond acceptors (Lipinski definition) is 4. The van der Waals surface area contributed by atoms with Gasteiger partial charge in [0.25, 0.3) is 0 Å². The van der Waals surface area contributed by atoms with Crippen molar-refractivity contribution in [2.75, 3.05) is 24.6 Å². The summed E-state index contributed by atoms with van der Waals surface area (Å²) in [7, 11) is 1.85. The first-order valence-corrected chi connectivity index (χ1v) is 8.03. The average molecular weight is 312 g/mol. The topological polar surface area (TPSA) is 87.5 Å². The molecule has 1 atom stereocenters. The van der Waals surface area contributed by atoms with Gasteiger partial charge in [0, 0.05) is 37.8 Å². The Morgan fingerprint density at radius 1 is 1.57 bits per heavy atom. The van der Waals surface area contributed by atoms with Crippen LogP contribution in [0, 0.1) is 0 Å². The molecule has 2 N–H and O–H groups in total. The fourth-order valence-corrected chi connectivity index (χ4v) is 3.37. The van der Waals surface area contributed by atoms with E-state index in [1.807, 2.05) is 13.2 Å². The van der Waals surface area contributed by atoms with E-state index < -0.39 is 5.97 Å². The zero-order chi connectivity index (χ0) is 15.2. The van der Waals surface area contributed by atoms with Gasteiger partial charge in [-0.3, -0.25) is 9.48 Å². The number of thioether (sulfide) groups is 1. The predicted molar refractivity (Wildman–Crippen MR) is 80.4 cm³/mol. The number of nitrogens with zero attached hydrogens (tertiary/aromatic N) is 3. The van der Waals surface area contributed by atoms with E-state index in [1.54, 1.807) is 27.5 Å². The van der Waals surface area contributed by atoms with Gasteiger partial charge in [-0.2, -0.15) is 16.9 Å². The van der Waals surface area contributed by atoms with E-state index in [-0.39, 0.29) is 18.5 Å². The van der Waals surface area contributed by atoms with Gasteiger partial charge >= 0.3 is 12.0 Å². The van der Waals surface area contributed by atoms with Crippen molar-refractivity contribution >= 4 is 23.8 Å². The number of urea groups is 1. The highest BCUT2D eigenvalue weighted by Crippen LogP contribution is 2.19. The van der Waals surface area contributed by atoms with E-state index in [9.17, 15) is 9.59 Å². The third-order valence-corrected chi connectivity index (χ3v) is 4.44. The molecule has 7 nitrogen and oxygen atoms in total. The number of carboxylic acid groups (broad SMARTS) is 1. The van der Waals surface area contributed by atoms with Gasteiger partial charge < -0.3 is 15.3 Å². The lowest BCUT2D eigenvalue weighted by Gasteiger charge is -2.34. The Bertz CT molecular complexity index is 505. The van der Waals surface area contributed by atoms with Crippen LogP contribution < -0.4 is 5.32 Å². The summed E-state index contributed by atoms with van der Waals surface area (Å²) in [5.74, 6) is 0.671. The maximum Gasteiger partial charge on any atom is 0.317 e. The zero-order valence-electron chi connectivity index (χ0n) is 12.0. The van der Waals surface area contributed by atoms with Crippen LogP contribution in [0.4, 0.5) is 4.79 Å². The number of aryl methyl sites for hydroxylation is 1. The molecular formula is C13H20N4O3S.